The Labute approximate surface area is 97.8 Å². The molecule has 1 unspecified atom stereocenters. The van der Waals surface area contributed by atoms with Crippen LogP contribution in [0.15, 0.2) is 0 Å². The summed E-state index contributed by atoms with van der Waals surface area (Å²) in [5, 5.41) is 6.48. The number of nitrogens with one attached hydrogen (secondary N) is 2. The van der Waals surface area contributed by atoms with E-state index in [1.807, 2.05) is 0 Å². The zero-order valence-electron chi connectivity index (χ0n) is 10.2. The summed E-state index contributed by atoms with van der Waals surface area (Å²) in [5.74, 6) is 0.209. The summed E-state index contributed by atoms with van der Waals surface area (Å²) in [4.78, 5) is 14.1. The lowest BCUT2D eigenvalue weighted by atomic mass is 10.2. The summed E-state index contributed by atoms with van der Waals surface area (Å²) >= 11 is 0. The second kappa shape index (κ2) is 5.64. The molecule has 4 nitrogen and oxygen atoms in total. The lowest BCUT2D eigenvalue weighted by molar-refractivity contribution is -0.123. The van der Waals surface area contributed by atoms with E-state index in [0.717, 1.165) is 19.6 Å². The summed E-state index contributed by atoms with van der Waals surface area (Å²) in [5.41, 5.74) is 0. The highest BCUT2D eigenvalue weighted by atomic mass is 16.2. The molecule has 4 heteroatoms. The first-order valence-corrected chi connectivity index (χ1v) is 6.50. The van der Waals surface area contributed by atoms with Gasteiger partial charge >= 0.3 is 0 Å². The van der Waals surface area contributed by atoms with E-state index in [4.69, 9.17) is 0 Å². The third-order valence-corrected chi connectivity index (χ3v) is 3.71. The molecule has 0 radical (unpaired) electrons. The molecule has 1 amide bonds. The van der Waals surface area contributed by atoms with Gasteiger partial charge in [0, 0.05) is 31.7 Å². The molecular formula is C12H23N3O. The van der Waals surface area contributed by atoms with Crippen LogP contribution in [0.3, 0.4) is 0 Å². The maximum atomic E-state index is 11.8. The Hall–Kier alpha value is -0.610. The Kier molecular flexibility index (Phi) is 4.18. The zero-order valence-corrected chi connectivity index (χ0v) is 10.2. The summed E-state index contributed by atoms with van der Waals surface area (Å²) in [6.45, 7) is 5.73. The minimum Gasteiger partial charge on any atom is -0.352 e. The molecule has 2 fully saturated rings. The normalized spacial score (nSPS) is 28.2. The molecule has 0 bridgehead atoms. The fraction of sp³-hybridized carbons (Fsp3) is 0.917. The Morgan fingerprint density at radius 1 is 1.44 bits per heavy atom. The molecule has 1 aliphatic heterocycles. The van der Waals surface area contributed by atoms with Crippen LogP contribution in [0.5, 0.6) is 0 Å². The number of piperazine rings is 1. The van der Waals surface area contributed by atoms with Crippen molar-refractivity contribution in [2.75, 3.05) is 26.2 Å². The first-order valence-electron chi connectivity index (χ1n) is 6.50. The molecular weight excluding hydrogens is 202 g/mol. The van der Waals surface area contributed by atoms with E-state index in [1.54, 1.807) is 0 Å². The molecule has 2 rings (SSSR count). The van der Waals surface area contributed by atoms with Crippen molar-refractivity contribution >= 4 is 5.91 Å². The Morgan fingerprint density at radius 2 is 2.19 bits per heavy atom. The van der Waals surface area contributed by atoms with Crippen LogP contribution in [-0.4, -0.2) is 49.1 Å². The van der Waals surface area contributed by atoms with Gasteiger partial charge in [0.15, 0.2) is 0 Å². The quantitative estimate of drug-likeness (QED) is 0.728. The Balaban J connectivity index is 1.72. The van der Waals surface area contributed by atoms with Crippen molar-refractivity contribution < 1.29 is 4.79 Å². The minimum atomic E-state index is 0.209. The van der Waals surface area contributed by atoms with Gasteiger partial charge in [0.25, 0.3) is 0 Å². The Bertz CT molecular complexity index is 238. The molecule has 0 aromatic carbocycles. The predicted octanol–water partition coefficient (Wildman–Crippen LogP) is 0.339. The predicted molar refractivity (Wildman–Crippen MR) is 64.3 cm³/mol. The van der Waals surface area contributed by atoms with Crippen LogP contribution in [0.1, 0.15) is 32.6 Å². The Morgan fingerprint density at radius 3 is 2.88 bits per heavy atom. The van der Waals surface area contributed by atoms with Gasteiger partial charge in [0.2, 0.25) is 5.91 Å². The molecule has 0 aromatic heterocycles. The van der Waals surface area contributed by atoms with E-state index in [1.165, 1.54) is 25.7 Å². The zero-order chi connectivity index (χ0) is 11.4. The maximum absolute atomic E-state index is 11.8. The van der Waals surface area contributed by atoms with Crippen LogP contribution in [0, 0.1) is 0 Å². The van der Waals surface area contributed by atoms with Crippen molar-refractivity contribution in [3.8, 4) is 0 Å². The van der Waals surface area contributed by atoms with Gasteiger partial charge in [-0.2, -0.15) is 0 Å². The molecule has 1 atom stereocenters. The highest BCUT2D eigenvalue weighted by Gasteiger charge is 2.22. The third-order valence-electron chi connectivity index (χ3n) is 3.71. The van der Waals surface area contributed by atoms with Gasteiger partial charge in [-0.05, 0) is 19.8 Å². The molecule has 1 aliphatic carbocycles. The molecule has 1 heterocycles. The van der Waals surface area contributed by atoms with Gasteiger partial charge in [-0.15, -0.1) is 0 Å². The number of amides is 1. The van der Waals surface area contributed by atoms with Crippen molar-refractivity contribution in [2.24, 2.45) is 0 Å². The van der Waals surface area contributed by atoms with E-state index in [9.17, 15) is 4.79 Å². The van der Waals surface area contributed by atoms with Gasteiger partial charge in [-0.25, -0.2) is 0 Å². The van der Waals surface area contributed by atoms with Crippen molar-refractivity contribution in [3.63, 3.8) is 0 Å². The lowest BCUT2D eigenvalue weighted by Gasteiger charge is -2.33. The minimum absolute atomic E-state index is 0.209. The van der Waals surface area contributed by atoms with Crippen molar-refractivity contribution in [1.29, 1.82) is 0 Å². The highest BCUT2D eigenvalue weighted by Crippen LogP contribution is 2.17. The van der Waals surface area contributed by atoms with Gasteiger partial charge in [-0.1, -0.05) is 12.8 Å². The summed E-state index contributed by atoms with van der Waals surface area (Å²) in [6, 6.07) is 0.925. The number of rotatable bonds is 3. The molecule has 0 spiro atoms. The molecule has 2 aliphatic rings. The molecule has 16 heavy (non-hydrogen) atoms. The summed E-state index contributed by atoms with van der Waals surface area (Å²) in [6.07, 6.45) is 4.88. The van der Waals surface area contributed by atoms with Gasteiger partial charge in [0.05, 0.1) is 6.54 Å². The molecule has 0 aromatic rings. The SMILES string of the molecule is CC1CNCCN1CC(=O)NC1CCCC1. The van der Waals surface area contributed by atoms with Gasteiger partial charge < -0.3 is 10.6 Å². The van der Waals surface area contributed by atoms with Crippen LogP contribution in [0.2, 0.25) is 0 Å². The van der Waals surface area contributed by atoms with Gasteiger partial charge in [-0.3, -0.25) is 9.69 Å². The van der Waals surface area contributed by atoms with Crippen LogP contribution in [0.4, 0.5) is 0 Å². The van der Waals surface area contributed by atoms with Crippen LogP contribution >= 0.6 is 0 Å². The number of nitrogens with zero attached hydrogens (tertiary/aromatic N) is 1. The van der Waals surface area contributed by atoms with Crippen LogP contribution < -0.4 is 10.6 Å². The number of hydrogen-bond acceptors (Lipinski definition) is 3. The molecule has 1 saturated carbocycles. The first-order chi connectivity index (χ1) is 7.75. The highest BCUT2D eigenvalue weighted by molar-refractivity contribution is 5.78. The summed E-state index contributed by atoms with van der Waals surface area (Å²) in [7, 11) is 0. The van der Waals surface area contributed by atoms with Crippen LogP contribution in [-0.2, 0) is 4.79 Å². The summed E-state index contributed by atoms with van der Waals surface area (Å²) < 4.78 is 0. The standard InChI is InChI=1S/C12H23N3O/c1-10-8-13-6-7-15(10)9-12(16)14-11-4-2-3-5-11/h10-11,13H,2-9H2,1H3,(H,14,16). The van der Waals surface area contributed by atoms with E-state index < -0.39 is 0 Å². The lowest BCUT2D eigenvalue weighted by Crippen LogP contribution is -2.53. The van der Waals surface area contributed by atoms with E-state index in [2.05, 4.69) is 22.5 Å². The second-order valence-electron chi connectivity index (χ2n) is 5.07. The maximum Gasteiger partial charge on any atom is 0.234 e. The fourth-order valence-corrected chi connectivity index (χ4v) is 2.65. The number of hydrogen-bond donors (Lipinski definition) is 2. The van der Waals surface area contributed by atoms with Crippen molar-refractivity contribution in [2.45, 2.75) is 44.7 Å². The van der Waals surface area contributed by atoms with E-state index in [-0.39, 0.29) is 5.91 Å². The molecule has 1 saturated heterocycles. The van der Waals surface area contributed by atoms with E-state index >= 15 is 0 Å². The largest absolute Gasteiger partial charge is 0.352 e. The average Bonchev–Trinajstić information content (AvgIpc) is 2.74. The molecule has 2 N–H and O–H groups in total. The topological polar surface area (TPSA) is 44.4 Å². The van der Waals surface area contributed by atoms with E-state index in [0.29, 0.717) is 18.6 Å². The second-order valence-corrected chi connectivity index (χ2v) is 5.07. The first kappa shape index (κ1) is 11.9. The van der Waals surface area contributed by atoms with Gasteiger partial charge in [0.1, 0.15) is 0 Å². The third kappa shape index (κ3) is 3.19. The number of carbonyl (C=O) groups excluding carboxylic acids is 1. The average molecular weight is 225 g/mol. The van der Waals surface area contributed by atoms with Crippen molar-refractivity contribution in [1.82, 2.24) is 15.5 Å². The van der Waals surface area contributed by atoms with Crippen molar-refractivity contribution in [3.05, 3.63) is 0 Å². The smallest absolute Gasteiger partial charge is 0.234 e. The van der Waals surface area contributed by atoms with Crippen LogP contribution in [0.25, 0.3) is 0 Å². The molecule has 92 valence electrons. The monoisotopic (exact) mass is 225 g/mol. The number of carbonyl (C=O) groups is 1. The fourth-order valence-electron chi connectivity index (χ4n) is 2.65.